The number of benzene rings is 1. The maximum Gasteiger partial charge on any atom is 0.255 e. The van der Waals surface area contributed by atoms with Gasteiger partial charge in [-0.15, -0.1) is 0 Å². The quantitative estimate of drug-likeness (QED) is 0.678. The lowest BCUT2D eigenvalue weighted by molar-refractivity contribution is -0.120. The van der Waals surface area contributed by atoms with E-state index in [1.165, 1.54) is 0 Å². The average Bonchev–Trinajstić information content (AvgIpc) is 2.67. The van der Waals surface area contributed by atoms with Gasteiger partial charge in [0.1, 0.15) is 5.75 Å². The molecule has 1 saturated heterocycles. The molecule has 1 aliphatic rings. The van der Waals surface area contributed by atoms with Crippen LogP contribution in [-0.4, -0.2) is 68.8 Å². The summed E-state index contributed by atoms with van der Waals surface area (Å²) in [5, 5.41) is 5.61. The molecule has 7 heteroatoms. The monoisotopic (exact) mass is 377 g/mol. The van der Waals surface area contributed by atoms with Crippen molar-refractivity contribution in [3.63, 3.8) is 0 Å². The molecule has 0 spiro atoms. The van der Waals surface area contributed by atoms with Gasteiger partial charge in [-0.3, -0.25) is 14.5 Å². The van der Waals surface area contributed by atoms with E-state index in [4.69, 9.17) is 9.47 Å². The van der Waals surface area contributed by atoms with Crippen molar-refractivity contribution in [2.75, 3.05) is 46.0 Å². The van der Waals surface area contributed by atoms with Crippen LogP contribution in [-0.2, 0) is 9.53 Å². The molecule has 7 nitrogen and oxygen atoms in total. The molecule has 1 fully saturated rings. The van der Waals surface area contributed by atoms with E-state index < -0.39 is 0 Å². The van der Waals surface area contributed by atoms with Crippen molar-refractivity contribution in [3.05, 3.63) is 29.8 Å². The fraction of sp³-hybridized carbons (Fsp3) is 0.600. The van der Waals surface area contributed by atoms with E-state index in [1.807, 2.05) is 13.0 Å². The van der Waals surface area contributed by atoms with Crippen molar-refractivity contribution in [2.24, 2.45) is 5.92 Å². The van der Waals surface area contributed by atoms with Gasteiger partial charge in [-0.2, -0.15) is 0 Å². The maximum atomic E-state index is 12.3. The fourth-order valence-electron chi connectivity index (χ4n) is 3.17. The molecular formula is C20H31N3O4. The molecule has 150 valence electrons. The smallest absolute Gasteiger partial charge is 0.255 e. The summed E-state index contributed by atoms with van der Waals surface area (Å²) in [7, 11) is 0. The second-order valence-corrected chi connectivity index (χ2v) is 6.88. The van der Waals surface area contributed by atoms with Gasteiger partial charge in [-0.25, -0.2) is 0 Å². The molecular weight excluding hydrogens is 346 g/mol. The van der Waals surface area contributed by atoms with Crippen LogP contribution >= 0.6 is 0 Å². The van der Waals surface area contributed by atoms with E-state index in [1.54, 1.807) is 18.2 Å². The Morgan fingerprint density at radius 2 is 1.89 bits per heavy atom. The highest BCUT2D eigenvalue weighted by Gasteiger charge is 2.24. The van der Waals surface area contributed by atoms with Gasteiger partial charge in [0.15, 0.2) is 0 Å². The minimum atomic E-state index is -0.317. The molecule has 0 aromatic heterocycles. The maximum absolute atomic E-state index is 12.3. The molecule has 0 radical (unpaired) electrons. The predicted octanol–water partition coefficient (Wildman–Crippen LogP) is 1.29. The van der Waals surface area contributed by atoms with Crippen molar-refractivity contribution < 1.29 is 19.1 Å². The lowest BCUT2D eigenvalue weighted by Gasteiger charge is -2.36. The van der Waals surface area contributed by atoms with Crippen LogP contribution in [0.3, 0.4) is 0 Å². The number of nitrogens with one attached hydrogen (secondary N) is 2. The van der Waals surface area contributed by atoms with Crippen LogP contribution < -0.4 is 15.4 Å². The normalized spacial score (nSPS) is 16.0. The summed E-state index contributed by atoms with van der Waals surface area (Å²) in [6, 6.07) is 7.27. The fourth-order valence-corrected chi connectivity index (χ4v) is 3.17. The molecule has 0 aliphatic carbocycles. The number of hydrogen-bond acceptors (Lipinski definition) is 5. The first-order valence-corrected chi connectivity index (χ1v) is 9.61. The zero-order valence-corrected chi connectivity index (χ0v) is 16.5. The first-order chi connectivity index (χ1) is 13.0. The molecule has 2 amide bonds. The standard InChI is InChI=1S/C20H31N3O4/c1-4-27-18-8-6-5-7-16(18)20(25)22-14-19(24)21-13-17(15(2)3)23-9-11-26-12-10-23/h5-8,15,17H,4,9-14H2,1-3H3,(H,21,24)(H,22,25). The molecule has 0 saturated carbocycles. The Hall–Kier alpha value is -2.12. The summed E-state index contributed by atoms with van der Waals surface area (Å²) in [6.45, 7) is 10.4. The molecule has 1 aromatic rings. The molecule has 1 unspecified atom stereocenters. The zero-order chi connectivity index (χ0) is 19.6. The van der Waals surface area contributed by atoms with Crippen molar-refractivity contribution in [1.82, 2.24) is 15.5 Å². The number of ether oxygens (including phenoxy) is 2. The molecule has 0 bridgehead atoms. The second kappa shape index (κ2) is 10.9. The first-order valence-electron chi connectivity index (χ1n) is 9.61. The van der Waals surface area contributed by atoms with E-state index in [0.29, 0.717) is 30.4 Å². The number of rotatable bonds is 9. The summed E-state index contributed by atoms with van der Waals surface area (Å²) in [5.74, 6) is 0.417. The van der Waals surface area contributed by atoms with Gasteiger partial charge >= 0.3 is 0 Å². The highest BCUT2D eigenvalue weighted by molar-refractivity contribution is 5.98. The molecule has 2 rings (SSSR count). The lowest BCUT2D eigenvalue weighted by Crippen LogP contribution is -2.52. The van der Waals surface area contributed by atoms with Crippen molar-refractivity contribution >= 4 is 11.8 Å². The molecule has 1 atom stereocenters. The average molecular weight is 377 g/mol. The Kier molecular flexibility index (Phi) is 8.54. The predicted molar refractivity (Wildman–Crippen MR) is 104 cm³/mol. The topological polar surface area (TPSA) is 79.9 Å². The van der Waals surface area contributed by atoms with Crippen LogP contribution in [0.15, 0.2) is 24.3 Å². The Balaban J connectivity index is 1.82. The van der Waals surface area contributed by atoms with E-state index in [9.17, 15) is 9.59 Å². The Morgan fingerprint density at radius 3 is 2.56 bits per heavy atom. The zero-order valence-electron chi connectivity index (χ0n) is 16.5. The Labute approximate surface area is 161 Å². The highest BCUT2D eigenvalue weighted by Crippen LogP contribution is 2.17. The van der Waals surface area contributed by atoms with Crippen LogP contribution in [0.25, 0.3) is 0 Å². The number of carbonyl (C=O) groups excluding carboxylic acids is 2. The second-order valence-electron chi connectivity index (χ2n) is 6.88. The van der Waals surface area contributed by atoms with E-state index in [0.717, 1.165) is 26.3 Å². The van der Waals surface area contributed by atoms with Gasteiger partial charge in [-0.1, -0.05) is 26.0 Å². The summed E-state index contributed by atoms with van der Waals surface area (Å²) in [5.41, 5.74) is 0.431. The van der Waals surface area contributed by atoms with Gasteiger partial charge in [-0.05, 0) is 25.0 Å². The Bertz CT molecular complexity index is 615. The number of carbonyl (C=O) groups is 2. The van der Waals surface area contributed by atoms with Crippen LogP contribution in [0.1, 0.15) is 31.1 Å². The third-order valence-corrected chi connectivity index (χ3v) is 4.63. The minimum Gasteiger partial charge on any atom is -0.493 e. The van der Waals surface area contributed by atoms with Crippen molar-refractivity contribution in [1.29, 1.82) is 0 Å². The van der Waals surface area contributed by atoms with E-state index in [-0.39, 0.29) is 24.4 Å². The third kappa shape index (κ3) is 6.52. The van der Waals surface area contributed by atoms with Gasteiger partial charge < -0.3 is 20.1 Å². The summed E-state index contributed by atoms with van der Waals surface area (Å²) < 4.78 is 10.9. The number of morpholine rings is 1. The molecule has 1 aromatic carbocycles. The summed E-state index contributed by atoms with van der Waals surface area (Å²) >= 11 is 0. The number of nitrogens with zero attached hydrogens (tertiary/aromatic N) is 1. The number of amides is 2. The summed E-state index contributed by atoms with van der Waals surface area (Å²) in [6.07, 6.45) is 0. The van der Waals surface area contributed by atoms with Crippen LogP contribution in [0, 0.1) is 5.92 Å². The van der Waals surface area contributed by atoms with Crippen LogP contribution in [0.5, 0.6) is 5.75 Å². The van der Waals surface area contributed by atoms with Gasteiger partial charge in [0, 0.05) is 25.7 Å². The van der Waals surface area contributed by atoms with Gasteiger partial charge in [0.2, 0.25) is 5.91 Å². The molecule has 2 N–H and O–H groups in total. The van der Waals surface area contributed by atoms with Gasteiger partial charge in [0.05, 0.1) is 31.9 Å². The van der Waals surface area contributed by atoms with Crippen LogP contribution in [0.2, 0.25) is 0 Å². The number of hydrogen-bond donors (Lipinski definition) is 2. The first kappa shape index (κ1) is 21.2. The largest absolute Gasteiger partial charge is 0.493 e. The number of para-hydroxylation sites is 1. The third-order valence-electron chi connectivity index (χ3n) is 4.63. The minimum absolute atomic E-state index is 0.0623. The lowest BCUT2D eigenvalue weighted by atomic mass is 10.0. The Morgan fingerprint density at radius 1 is 1.19 bits per heavy atom. The van der Waals surface area contributed by atoms with Gasteiger partial charge in [0.25, 0.3) is 5.91 Å². The van der Waals surface area contributed by atoms with E-state index in [2.05, 4.69) is 29.4 Å². The van der Waals surface area contributed by atoms with Crippen molar-refractivity contribution in [3.8, 4) is 5.75 Å². The highest BCUT2D eigenvalue weighted by atomic mass is 16.5. The molecule has 1 heterocycles. The molecule has 1 aliphatic heterocycles. The van der Waals surface area contributed by atoms with Crippen molar-refractivity contribution in [2.45, 2.75) is 26.8 Å². The summed E-state index contributed by atoms with van der Waals surface area (Å²) in [4.78, 5) is 26.9. The molecule has 27 heavy (non-hydrogen) atoms. The SMILES string of the molecule is CCOc1ccccc1C(=O)NCC(=O)NCC(C(C)C)N1CCOCC1. The van der Waals surface area contributed by atoms with E-state index >= 15 is 0 Å². The van der Waals surface area contributed by atoms with Crippen LogP contribution in [0.4, 0.5) is 0 Å².